The molecule has 1 aromatic carbocycles. The molecule has 2 heterocycles. The van der Waals surface area contributed by atoms with Gasteiger partial charge in [0.1, 0.15) is 0 Å². The summed E-state index contributed by atoms with van der Waals surface area (Å²) in [6.07, 6.45) is 2.12. The predicted molar refractivity (Wildman–Crippen MR) is 98.7 cm³/mol. The fourth-order valence-corrected chi connectivity index (χ4v) is 3.60. The Labute approximate surface area is 146 Å². The van der Waals surface area contributed by atoms with Crippen LogP contribution in [0, 0.1) is 6.92 Å². The first kappa shape index (κ1) is 16.5. The van der Waals surface area contributed by atoms with Gasteiger partial charge in [0.05, 0.1) is 22.8 Å². The van der Waals surface area contributed by atoms with E-state index >= 15 is 0 Å². The lowest BCUT2D eigenvalue weighted by Crippen LogP contribution is -2.25. The monoisotopic (exact) mass is 339 g/mol. The summed E-state index contributed by atoms with van der Waals surface area (Å²) in [5.41, 5.74) is 4.87. The Hall–Kier alpha value is -2.33. The van der Waals surface area contributed by atoms with Crippen LogP contribution < -0.4 is 5.32 Å². The minimum absolute atomic E-state index is 0.108. The Morgan fingerprint density at radius 1 is 1.21 bits per heavy atom. The van der Waals surface area contributed by atoms with Crippen molar-refractivity contribution in [3.8, 4) is 0 Å². The van der Waals surface area contributed by atoms with Crippen LogP contribution in [0.3, 0.4) is 0 Å². The fraction of sp³-hybridized carbons (Fsp3) is 0.250. The van der Waals surface area contributed by atoms with E-state index in [2.05, 4.69) is 54.0 Å². The predicted octanol–water partition coefficient (Wildman–Crippen LogP) is 4.62. The van der Waals surface area contributed by atoms with Gasteiger partial charge in [0.25, 0.3) is 0 Å². The lowest BCUT2D eigenvalue weighted by molar-refractivity contribution is -0.138. The zero-order chi connectivity index (χ0) is 17.1. The maximum Gasteiger partial charge on any atom is 0.336 e. The Kier molecular flexibility index (Phi) is 4.86. The minimum atomic E-state index is -0.255. The molecule has 0 saturated carbocycles. The third kappa shape index (κ3) is 3.29. The molecule has 3 rings (SSSR count). The number of aryl methyl sites for hydroxylation is 1. The molecule has 24 heavy (non-hydrogen) atoms. The minimum Gasteiger partial charge on any atom is -0.463 e. The van der Waals surface area contributed by atoms with Crippen LogP contribution in [0.15, 0.2) is 59.1 Å². The molecule has 1 aliphatic rings. The molecule has 0 bridgehead atoms. The second-order valence-electron chi connectivity index (χ2n) is 5.83. The van der Waals surface area contributed by atoms with Gasteiger partial charge in [0.15, 0.2) is 0 Å². The maximum atomic E-state index is 12.5. The largest absolute Gasteiger partial charge is 0.463 e. The second kappa shape index (κ2) is 7.05. The number of hydrogen-bond donors (Lipinski definition) is 1. The molecule has 2 aromatic rings. The number of dihydropyridines is 1. The van der Waals surface area contributed by atoms with Crippen LogP contribution in [0.2, 0.25) is 0 Å². The van der Waals surface area contributed by atoms with Crippen molar-refractivity contribution in [1.82, 2.24) is 5.32 Å². The van der Waals surface area contributed by atoms with Crippen molar-refractivity contribution < 1.29 is 9.53 Å². The topological polar surface area (TPSA) is 38.3 Å². The third-order valence-corrected chi connectivity index (χ3v) is 4.99. The zero-order valence-corrected chi connectivity index (χ0v) is 14.9. The summed E-state index contributed by atoms with van der Waals surface area (Å²) in [6.45, 7) is 6.20. The van der Waals surface area contributed by atoms with Crippen molar-refractivity contribution in [2.45, 2.75) is 26.7 Å². The van der Waals surface area contributed by atoms with Crippen LogP contribution in [0.4, 0.5) is 0 Å². The molecule has 0 radical (unpaired) electrons. The Balaban J connectivity index is 2.06. The van der Waals surface area contributed by atoms with E-state index in [0.29, 0.717) is 12.2 Å². The van der Waals surface area contributed by atoms with Gasteiger partial charge >= 0.3 is 5.97 Å². The van der Waals surface area contributed by atoms with Crippen LogP contribution in [0.25, 0.3) is 5.70 Å². The van der Waals surface area contributed by atoms with Crippen molar-refractivity contribution in [3.63, 3.8) is 0 Å². The van der Waals surface area contributed by atoms with E-state index in [4.69, 9.17) is 4.74 Å². The highest BCUT2D eigenvalue weighted by atomic mass is 32.1. The van der Waals surface area contributed by atoms with Crippen LogP contribution in [-0.2, 0) is 9.53 Å². The molecule has 0 spiro atoms. The molecular formula is C20H21NO2S. The summed E-state index contributed by atoms with van der Waals surface area (Å²) in [5.74, 6) is -0.363. The highest BCUT2D eigenvalue weighted by Crippen LogP contribution is 2.36. The SMILES string of the molecule is CCOC(=O)C1=C(C)NC(c2cccs2)=CC1c1ccc(C)cc1. The van der Waals surface area contributed by atoms with Gasteiger partial charge in [-0.25, -0.2) is 4.79 Å². The number of nitrogens with one attached hydrogen (secondary N) is 1. The van der Waals surface area contributed by atoms with Gasteiger partial charge in [-0.2, -0.15) is 0 Å². The standard InChI is InChI=1S/C20H21NO2S/c1-4-23-20(22)19-14(3)21-17(18-6-5-11-24-18)12-16(19)15-9-7-13(2)8-10-15/h5-12,16,21H,4H2,1-3H3. The third-order valence-electron chi connectivity index (χ3n) is 4.09. The Bertz CT molecular complexity index is 786. The molecule has 3 nitrogen and oxygen atoms in total. The van der Waals surface area contributed by atoms with Gasteiger partial charge in [-0.1, -0.05) is 35.9 Å². The molecule has 1 N–H and O–H groups in total. The van der Waals surface area contributed by atoms with Gasteiger partial charge in [0, 0.05) is 11.6 Å². The Morgan fingerprint density at radius 2 is 1.96 bits per heavy atom. The molecule has 1 unspecified atom stereocenters. The number of thiophene rings is 1. The first-order valence-corrected chi connectivity index (χ1v) is 8.95. The lowest BCUT2D eigenvalue weighted by atomic mass is 9.86. The molecular weight excluding hydrogens is 318 g/mol. The molecule has 0 aliphatic carbocycles. The molecule has 1 aromatic heterocycles. The zero-order valence-electron chi connectivity index (χ0n) is 14.1. The number of ether oxygens (including phenoxy) is 1. The van der Waals surface area contributed by atoms with Crippen molar-refractivity contribution in [3.05, 3.63) is 75.1 Å². The van der Waals surface area contributed by atoms with E-state index in [9.17, 15) is 4.79 Å². The average Bonchev–Trinajstić information content (AvgIpc) is 3.09. The number of carbonyl (C=O) groups is 1. The number of esters is 1. The first-order valence-electron chi connectivity index (χ1n) is 8.07. The van der Waals surface area contributed by atoms with E-state index in [1.807, 2.05) is 19.9 Å². The maximum absolute atomic E-state index is 12.5. The van der Waals surface area contributed by atoms with Crippen LogP contribution in [-0.4, -0.2) is 12.6 Å². The van der Waals surface area contributed by atoms with Crippen LogP contribution in [0.1, 0.15) is 35.8 Å². The van der Waals surface area contributed by atoms with E-state index in [1.165, 1.54) is 5.56 Å². The van der Waals surface area contributed by atoms with E-state index < -0.39 is 0 Å². The fourth-order valence-electron chi connectivity index (χ4n) is 2.90. The van der Waals surface area contributed by atoms with E-state index in [-0.39, 0.29) is 11.9 Å². The smallest absolute Gasteiger partial charge is 0.336 e. The van der Waals surface area contributed by atoms with Gasteiger partial charge < -0.3 is 10.1 Å². The number of rotatable bonds is 4. The average molecular weight is 339 g/mol. The molecule has 1 aliphatic heterocycles. The second-order valence-corrected chi connectivity index (χ2v) is 6.78. The molecule has 124 valence electrons. The number of carbonyl (C=O) groups excluding carboxylic acids is 1. The number of allylic oxidation sites excluding steroid dienone is 2. The van der Waals surface area contributed by atoms with E-state index in [0.717, 1.165) is 21.8 Å². The highest BCUT2D eigenvalue weighted by molar-refractivity contribution is 7.11. The molecule has 1 atom stereocenters. The van der Waals surface area contributed by atoms with Crippen molar-refractivity contribution in [1.29, 1.82) is 0 Å². The van der Waals surface area contributed by atoms with Gasteiger partial charge in [0.2, 0.25) is 0 Å². The number of hydrogen-bond acceptors (Lipinski definition) is 4. The summed E-state index contributed by atoms with van der Waals surface area (Å²) < 4.78 is 5.29. The molecule has 0 fully saturated rings. The summed E-state index contributed by atoms with van der Waals surface area (Å²) in [5, 5.41) is 5.42. The highest BCUT2D eigenvalue weighted by Gasteiger charge is 2.29. The lowest BCUT2D eigenvalue weighted by Gasteiger charge is -2.26. The number of benzene rings is 1. The van der Waals surface area contributed by atoms with Crippen molar-refractivity contribution >= 4 is 23.0 Å². The van der Waals surface area contributed by atoms with Crippen molar-refractivity contribution in [2.75, 3.05) is 6.61 Å². The van der Waals surface area contributed by atoms with Gasteiger partial charge in [-0.05, 0) is 43.9 Å². The van der Waals surface area contributed by atoms with Crippen LogP contribution in [0.5, 0.6) is 0 Å². The van der Waals surface area contributed by atoms with Crippen LogP contribution >= 0.6 is 11.3 Å². The van der Waals surface area contributed by atoms with Gasteiger partial charge in [-0.3, -0.25) is 0 Å². The van der Waals surface area contributed by atoms with E-state index in [1.54, 1.807) is 11.3 Å². The summed E-state index contributed by atoms with van der Waals surface area (Å²) in [6, 6.07) is 12.4. The summed E-state index contributed by atoms with van der Waals surface area (Å²) in [7, 11) is 0. The quantitative estimate of drug-likeness (QED) is 0.826. The summed E-state index contributed by atoms with van der Waals surface area (Å²) >= 11 is 1.68. The molecule has 0 amide bonds. The molecule has 4 heteroatoms. The first-order chi connectivity index (χ1) is 11.6. The molecule has 0 saturated heterocycles. The van der Waals surface area contributed by atoms with Crippen molar-refractivity contribution in [2.24, 2.45) is 0 Å². The normalized spacial score (nSPS) is 17.3. The summed E-state index contributed by atoms with van der Waals surface area (Å²) in [4.78, 5) is 13.7. The Morgan fingerprint density at radius 3 is 2.58 bits per heavy atom. The van der Waals surface area contributed by atoms with Gasteiger partial charge in [-0.15, -0.1) is 11.3 Å².